The first-order valence-electron chi connectivity index (χ1n) is 18.5. The monoisotopic (exact) mass is 610 g/mol. The standard InChI is InChI=1S/C37H71NO5/c1-4-5-6-7-8-9-10-11-12-13-14-15-16-17-20-23-26-29-35(39)38-34(30-31-36(40)41)37(42)43-32-27-24-21-18-19-22-25-28-33(2)3/h33-34H,4-32H2,1-3H3,(H,38,39)(H,40,41)/t34-/m0/s1. The van der Waals surface area contributed by atoms with E-state index in [9.17, 15) is 14.4 Å². The first-order valence-corrected chi connectivity index (χ1v) is 18.5. The van der Waals surface area contributed by atoms with E-state index in [0.717, 1.165) is 44.4 Å². The van der Waals surface area contributed by atoms with Gasteiger partial charge in [0.1, 0.15) is 6.04 Å². The van der Waals surface area contributed by atoms with Crippen molar-refractivity contribution in [2.75, 3.05) is 6.61 Å². The van der Waals surface area contributed by atoms with Crippen molar-refractivity contribution in [2.45, 2.75) is 207 Å². The van der Waals surface area contributed by atoms with Crippen molar-refractivity contribution in [3.8, 4) is 0 Å². The molecule has 0 radical (unpaired) electrons. The minimum Gasteiger partial charge on any atom is -0.481 e. The molecule has 6 heteroatoms. The Bertz CT molecular complexity index is 651. The van der Waals surface area contributed by atoms with Crippen molar-refractivity contribution in [3.63, 3.8) is 0 Å². The van der Waals surface area contributed by atoms with Gasteiger partial charge in [-0.1, -0.05) is 168 Å². The van der Waals surface area contributed by atoms with Crippen LogP contribution in [0.2, 0.25) is 0 Å². The normalized spacial score (nSPS) is 12.0. The topological polar surface area (TPSA) is 92.7 Å². The van der Waals surface area contributed by atoms with Gasteiger partial charge in [0.2, 0.25) is 5.91 Å². The van der Waals surface area contributed by atoms with Crippen LogP contribution in [0.4, 0.5) is 0 Å². The van der Waals surface area contributed by atoms with E-state index in [1.807, 2.05) is 0 Å². The molecule has 0 rings (SSSR count). The van der Waals surface area contributed by atoms with E-state index in [1.54, 1.807) is 0 Å². The Morgan fingerprint density at radius 1 is 0.558 bits per heavy atom. The highest BCUT2D eigenvalue weighted by atomic mass is 16.5. The molecule has 1 atom stereocenters. The third kappa shape index (κ3) is 31.6. The Labute approximate surface area is 266 Å². The molecule has 0 heterocycles. The lowest BCUT2D eigenvalue weighted by Gasteiger charge is -2.17. The van der Waals surface area contributed by atoms with Gasteiger partial charge in [-0.05, 0) is 25.2 Å². The second-order valence-electron chi connectivity index (χ2n) is 13.3. The van der Waals surface area contributed by atoms with Gasteiger partial charge in [0.05, 0.1) is 6.61 Å². The summed E-state index contributed by atoms with van der Waals surface area (Å²) in [6.07, 6.45) is 31.6. The summed E-state index contributed by atoms with van der Waals surface area (Å²) in [5, 5.41) is 11.8. The summed E-state index contributed by atoms with van der Waals surface area (Å²) in [6, 6.07) is -0.879. The zero-order chi connectivity index (χ0) is 31.8. The Hall–Kier alpha value is -1.59. The molecule has 0 aromatic rings. The Morgan fingerprint density at radius 3 is 1.42 bits per heavy atom. The molecule has 0 aliphatic heterocycles. The third-order valence-corrected chi connectivity index (χ3v) is 8.44. The van der Waals surface area contributed by atoms with Crippen molar-refractivity contribution in [1.29, 1.82) is 0 Å². The Balaban J connectivity index is 3.82. The van der Waals surface area contributed by atoms with Gasteiger partial charge in [0.25, 0.3) is 0 Å². The summed E-state index contributed by atoms with van der Waals surface area (Å²) in [5.41, 5.74) is 0. The van der Waals surface area contributed by atoms with E-state index >= 15 is 0 Å². The number of carbonyl (C=O) groups excluding carboxylic acids is 2. The van der Waals surface area contributed by atoms with E-state index in [4.69, 9.17) is 9.84 Å². The second-order valence-corrected chi connectivity index (χ2v) is 13.3. The molecular weight excluding hydrogens is 538 g/mol. The summed E-state index contributed by atoms with van der Waals surface area (Å²) < 4.78 is 5.40. The van der Waals surface area contributed by atoms with Gasteiger partial charge in [-0.25, -0.2) is 4.79 Å². The van der Waals surface area contributed by atoms with Crippen LogP contribution in [0.5, 0.6) is 0 Å². The molecule has 0 aromatic heterocycles. The van der Waals surface area contributed by atoms with Crippen LogP contribution in [-0.2, 0) is 19.1 Å². The molecule has 0 spiro atoms. The maximum Gasteiger partial charge on any atom is 0.328 e. The van der Waals surface area contributed by atoms with Gasteiger partial charge in [0.15, 0.2) is 0 Å². The number of carbonyl (C=O) groups is 3. The summed E-state index contributed by atoms with van der Waals surface area (Å²) in [7, 11) is 0. The molecule has 2 N–H and O–H groups in total. The third-order valence-electron chi connectivity index (χ3n) is 8.44. The van der Waals surface area contributed by atoms with Crippen LogP contribution < -0.4 is 5.32 Å². The van der Waals surface area contributed by atoms with Gasteiger partial charge in [0, 0.05) is 12.8 Å². The number of rotatable bonds is 33. The van der Waals surface area contributed by atoms with Crippen LogP contribution in [0.1, 0.15) is 201 Å². The lowest BCUT2D eigenvalue weighted by atomic mass is 10.0. The smallest absolute Gasteiger partial charge is 0.328 e. The van der Waals surface area contributed by atoms with E-state index in [2.05, 4.69) is 26.1 Å². The molecule has 6 nitrogen and oxygen atoms in total. The molecule has 0 aliphatic carbocycles. The fourth-order valence-corrected chi connectivity index (χ4v) is 5.61. The largest absolute Gasteiger partial charge is 0.481 e. The van der Waals surface area contributed by atoms with Gasteiger partial charge < -0.3 is 15.2 Å². The van der Waals surface area contributed by atoms with E-state index < -0.39 is 18.0 Å². The average Bonchev–Trinajstić information content (AvgIpc) is 2.97. The lowest BCUT2D eigenvalue weighted by Crippen LogP contribution is -2.42. The number of hydrogen-bond donors (Lipinski definition) is 2. The minimum atomic E-state index is -0.978. The minimum absolute atomic E-state index is 0.0648. The van der Waals surface area contributed by atoms with E-state index in [1.165, 1.54) is 122 Å². The fourth-order valence-electron chi connectivity index (χ4n) is 5.61. The molecule has 0 aromatic carbocycles. The number of esters is 1. The maximum atomic E-state index is 12.6. The second kappa shape index (κ2) is 31.8. The molecular formula is C37H71NO5. The Kier molecular flexibility index (Phi) is 30.6. The van der Waals surface area contributed by atoms with Crippen LogP contribution in [0.3, 0.4) is 0 Å². The first-order chi connectivity index (χ1) is 20.9. The first kappa shape index (κ1) is 41.4. The predicted octanol–water partition coefficient (Wildman–Crippen LogP) is 10.7. The summed E-state index contributed by atoms with van der Waals surface area (Å²) in [5.74, 6) is -0.896. The van der Waals surface area contributed by atoms with Crippen molar-refractivity contribution in [2.24, 2.45) is 5.92 Å². The van der Waals surface area contributed by atoms with Crippen LogP contribution in [0.15, 0.2) is 0 Å². The number of amides is 1. The Morgan fingerprint density at radius 2 is 0.977 bits per heavy atom. The molecule has 254 valence electrons. The van der Waals surface area contributed by atoms with Crippen molar-refractivity contribution >= 4 is 17.8 Å². The number of unbranched alkanes of at least 4 members (excludes halogenated alkanes) is 22. The molecule has 0 fully saturated rings. The van der Waals surface area contributed by atoms with Crippen LogP contribution in [0.25, 0.3) is 0 Å². The molecule has 0 unspecified atom stereocenters. The van der Waals surface area contributed by atoms with Gasteiger partial charge >= 0.3 is 11.9 Å². The SMILES string of the molecule is CCCCCCCCCCCCCCCCCCCC(=O)N[C@@H](CCC(=O)O)C(=O)OCCCCCCCCCC(C)C. The predicted molar refractivity (Wildman–Crippen MR) is 180 cm³/mol. The molecule has 0 aliphatic rings. The molecule has 0 saturated heterocycles. The number of ether oxygens (including phenoxy) is 1. The fraction of sp³-hybridized carbons (Fsp3) is 0.919. The zero-order valence-electron chi connectivity index (χ0n) is 28.7. The molecule has 0 saturated carbocycles. The highest BCUT2D eigenvalue weighted by Gasteiger charge is 2.23. The lowest BCUT2D eigenvalue weighted by molar-refractivity contribution is -0.148. The van der Waals surface area contributed by atoms with Crippen molar-refractivity contribution < 1.29 is 24.2 Å². The summed E-state index contributed by atoms with van der Waals surface area (Å²) in [6.45, 7) is 7.13. The van der Waals surface area contributed by atoms with E-state index in [-0.39, 0.29) is 18.7 Å². The van der Waals surface area contributed by atoms with Gasteiger partial charge in [-0.15, -0.1) is 0 Å². The zero-order valence-corrected chi connectivity index (χ0v) is 28.7. The summed E-state index contributed by atoms with van der Waals surface area (Å²) in [4.78, 5) is 36.1. The van der Waals surface area contributed by atoms with Crippen molar-refractivity contribution in [3.05, 3.63) is 0 Å². The molecule has 0 bridgehead atoms. The van der Waals surface area contributed by atoms with Crippen molar-refractivity contribution in [1.82, 2.24) is 5.32 Å². The number of aliphatic carboxylic acids is 1. The number of carboxylic acid groups (broad SMARTS) is 1. The number of carboxylic acids is 1. The quantitative estimate of drug-likeness (QED) is 0.0570. The van der Waals surface area contributed by atoms with Crippen LogP contribution in [-0.4, -0.2) is 35.6 Å². The number of nitrogens with one attached hydrogen (secondary N) is 1. The molecule has 43 heavy (non-hydrogen) atoms. The summed E-state index contributed by atoms with van der Waals surface area (Å²) >= 11 is 0. The maximum absolute atomic E-state index is 12.6. The average molecular weight is 610 g/mol. The molecule has 1 amide bonds. The highest BCUT2D eigenvalue weighted by Crippen LogP contribution is 2.15. The highest BCUT2D eigenvalue weighted by molar-refractivity contribution is 5.84. The number of hydrogen-bond acceptors (Lipinski definition) is 4. The van der Waals surface area contributed by atoms with E-state index in [0.29, 0.717) is 13.0 Å². The van der Waals surface area contributed by atoms with Crippen LogP contribution >= 0.6 is 0 Å². The van der Waals surface area contributed by atoms with Gasteiger partial charge in [-0.3, -0.25) is 9.59 Å². The van der Waals surface area contributed by atoms with Gasteiger partial charge in [-0.2, -0.15) is 0 Å². The van der Waals surface area contributed by atoms with Crippen LogP contribution in [0, 0.1) is 5.92 Å².